The van der Waals surface area contributed by atoms with Gasteiger partial charge in [0.25, 0.3) is 0 Å². The lowest BCUT2D eigenvalue weighted by Crippen LogP contribution is -2.26. The maximum absolute atomic E-state index is 9.82. The van der Waals surface area contributed by atoms with Crippen molar-refractivity contribution in [2.75, 3.05) is 0 Å². The van der Waals surface area contributed by atoms with Gasteiger partial charge in [-0.15, -0.1) is 6.58 Å². The zero-order valence-corrected chi connectivity index (χ0v) is 12.3. The summed E-state index contributed by atoms with van der Waals surface area (Å²) < 4.78 is 0. The van der Waals surface area contributed by atoms with Crippen LogP contribution in [0.4, 0.5) is 0 Å². The molecule has 0 radical (unpaired) electrons. The molecule has 0 rings (SSSR count). The van der Waals surface area contributed by atoms with Crippen molar-refractivity contribution in [3.63, 3.8) is 0 Å². The third kappa shape index (κ3) is 8.72. The molecule has 0 bridgehead atoms. The fraction of sp³-hybridized carbons (Fsp3) is 0.600. The number of aliphatic hydroxyl groups is 2. The van der Waals surface area contributed by atoms with E-state index in [4.69, 9.17) is 5.26 Å². The molecule has 0 aromatic carbocycles. The highest BCUT2D eigenvalue weighted by molar-refractivity contribution is 5.10. The summed E-state index contributed by atoms with van der Waals surface area (Å²) in [4.78, 5) is 4.28. The molecule has 0 aliphatic heterocycles. The molecule has 0 aliphatic carbocycles. The number of hydrogen-bond donors (Lipinski definition) is 3. The molecule has 0 aliphatic rings. The minimum absolute atomic E-state index is 0.211. The summed E-state index contributed by atoms with van der Waals surface area (Å²) in [5, 5.41) is 28.2. The summed E-state index contributed by atoms with van der Waals surface area (Å²) >= 11 is 0. The third-order valence-corrected chi connectivity index (χ3v) is 2.73. The van der Waals surface area contributed by atoms with Crippen LogP contribution in [-0.4, -0.2) is 32.8 Å². The Morgan fingerprint density at radius 1 is 1.37 bits per heavy atom. The first kappa shape index (κ1) is 18.1. The summed E-state index contributed by atoms with van der Waals surface area (Å²) in [6, 6.07) is 0. The quantitative estimate of drug-likeness (QED) is 0.360. The topological polar surface area (TPSA) is 69.9 Å². The van der Waals surface area contributed by atoms with E-state index in [0.717, 1.165) is 5.57 Å². The lowest BCUT2D eigenvalue weighted by Gasteiger charge is -2.20. The monoisotopic (exact) mass is 270 g/mol. The molecule has 0 spiro atoms. The number of rotatable bonds is 8. The SMILES string of the molecule is C=CC(C)(O)CC(O)C=C(C)CC=CC(C)(C)OO. The zero-order valence-electron chi connectivity index (χ0n) is 12.3. The van der Waals surface area contributed by atoms with Crippen LogP contribution in [-0.2, 0) is 4.89 Å². The smallest absolute Gasteiger partial charge is 0.116 e. The zero-order chi connectivity index (χ0) is 15.1. The van der Waals surface area contributed by atoms with Gasteiger partial charge in [0.05, 0.1) is 11.7 Å². The average Bonchev–Trinajstić information content (AvgIpc) is 2.27. The van der Waals surface area contributed by atoms with E-state index in [2.05, 4.69) is 11.5 Å². The van der Waals surface area contributed by atoms with Gasteiger partial charge in [-0.05, 0) is 34.1 Å². The predicted octanol–water partition coefficient (Wildman–Crippen LogP) is 2.84. The van der Waals surface area contributed by atoms with Gasteiger partial charge in [-0.3, -0.25) is 5.26 Å². The van der Waals surface area contributed by atoms with Crippen molar-refractivity contribution in [2.24, 2.45) is 0 Å². The van der Waals surface area contributed by atoms with Crippen molar-refractivity contribution in [3.8, 4) is 0 Å². The lowest BCUT2D eigenvalue weighted by molar-refractivity contribution is -0.297. The summed E-state index contributed by atoms with van der Waals surface area (Å²) in [6.45, 7) is 10.5. The van der Waals surface area contributed by atoms with Gasteiger partial charge in [-0.1, -0.05) is 29.9 Å². The first-order valence-corrected chi connectivity index (χ1v) is 6.33. The highest BCUT2D eigenvalue weighted by Crippen LogP contribution is 2.16. The normalized spacial score (nSPS) is 18.4. The molecule has 0 heterocycles. The van der Waals surface area contributed by atoms with Gasteiger partial charge >= 0.3 is 0 Å². The number of hydrogen-bond acceptors (Lipinski definition) is 4. The van der Waals surface area contributed by atoms with E-state index in [-0.39, 0.29) is 6.42 Å². The van der Waals surface area contributed by atoms with Crippen molar-refractivity contribution in [3.05, 3.63) is 36.5 Å². The van der Waals surface area contributed by atoms with Crippen LogP contribution in [0.15, 0.2) is 36.5 Å². The van der Waals surface area contributed by atoms with Crippen LogP contribution in [0.25, 0.3) is 0 Å². The van der Waals surface area contributed by atoms with Crippen molar-refractivity contribution in [1.82, 2.24) is 0 Å². The predicted molar refractivity (Wildman–Crippen MR) is 76.8 cm³/mol. The van der Waals surface area contributed by atoms with Crippen LogP contribution >= 0.6 is 0 Å². The third-order valence-electron chi connectivity index (χ3n) is 2.73. The molecular formula is C15H26O4. The Balaban J connectivity index is 4.38. The Labute approximate surface area is 115 Å². The lowest BCUT2D eigenvalue weighted by atomic mass is 9.97. The van der Waals surface area contributed by atoms with E-state index in [9.17, 15) is 10.2 Å². The Kier molecular flexibility index (Phi) is 7.23. The van der Waals surface area contributed by atoms with Gasteiger partial charge in [0.15, 0.2) is 0 Å². The van der Waals surface area contributed by atoms with Crippen molar-refractivity contribution in [2.45, 2.75) is 57.8 Å². The molecule has 0 saturated heterocycles. The molecule has 4 nitrogen and oxygen atoms in total. The van der Waals surface area contributed by atoms with Crippen LogP contribution in [0.5, 0.6) is 0 Å². The van der Waals surface area contributed by atoms with E-state index in [1.54, 1.807) is 32.9 Å². The van der Waals surface area contributed by atoms with Crippen molar-refractivity contribution in [1.29, 1.82) is 0 Å². The number of allylic oxidation sites excluding steroid dienone is 2. The van der Waals surface area contributed by atoms with Crippen LogP contribution in [0.3, 0.4) is 0 Å². The largest absolute Gasteiger partial charge is 0.389 e. The second kappa shape index (κ2) is 7.60. The second-order valence-electron chi connectivity index (χ2n) is 5.65. The van der Waals surface area contributed by atoms with E-state index in [0.29, 0.717) is 6.42 Å². The average molecular weight is 270 g/mol. The van der Waals surface area contributed by atoms with Gasteiger partial charge in [-0.25, -0.2) is 4.89 Å². The van der Waals surface area contributed by atoms with E-state index >= 15 is 0 Å². The molecule has 0 saturated carbocycles. The molecular weight excluding hydrogens is 244 g/mol. The molecule has 0 aromatic rings. The molecule has 3 N–H and O–H groups in total. The Bertz CT molecular complexity index is 340. The van der Waals surface area contributed by atoms with Gasteiger partial charge in [0.1, 0.15) is 5.60 Å². The molecule has 0 amide bonds. The van der Waals surface area contributed by atoms with Crippen molar-refractivity contribution < 1.29 is 20.4 Å². The minimum Gasteiger partial charge on any atom is -0.389 e. The Morgan fingerprint density at radius 3 is 2.42 bits per heavy atom. The van der Waals surface area contributed by atoms with Gasteiger partial charge in [0.2, 0.25) is 0 Å². The summed E-state index contributed by atoms with van der Waals surface area (Å²) in [6.07, 6.45) is 6.86. The molecule has 0 aromatic heterocycles. The molecule has 0 fully saturated rings. The van der Waals surface area contributed by atoms with Gasteiger partial charge in [-0.2, -0.15) is 0 Å². The molecule has 2 unspecified atom stereocenters. The number of aliphatic hydroxyl groups excluding tert-OH is 1. The molecule has 4 heteroatoms. The van der Waals surface area contributed by atoms with E-state index < -0.39 is 17.3 Å². The van der Waals surface area contributed by atoms with Crippen LogP contribution < -0.4 is 0 Å². The highest BCUT2D eigenvalue weighted by Gasteiger charge is 2.19. The first-order chi connectivity index (χ1) is 8.62. The van der Waals surface area contributed by atoms with E-state index in [1.807, 2.05) is 13.0 Å². The molecule has 110 valence electrons. The maximum Gasteiger partial charge on any atom is 0.116 e. The summed E-state index contributed by atoms with van der Waals surface area (Å²) in [7, 11) is 0. The fourth-order valence-corrected chi connectivity index (χ4v) is 1.52. The van der Waals surface area contributed by atoms with Gasteiger partial charge in [0, 0.05) is 6.42 Å². The standard InChI is InChI=1S/C15H26O4/c1-6-15(5,17)11-13(16)10-12(2)8-7-9-14(3,4)19-18/h6-7,9-10,13,16-18H,1,8,11H2,2-5H3. The summed E-state index contributed by atoms with van der Waals surface area (Å²) in [5.41, 5.74) is -0.818. The highest BCUT2D eigenvalue weighted by atomic mass is 17.1. The maximum atomic E-state index is 9.82. The fourth-order valence-electron chi connectivity index (χ4n) is 1.52. The minimum atomic E-state index is -1.07. The second-order valence-corrected chi connectivity index (χ2v) is 5.65. The Hall–Kier alpha value is -0.940. The van der Waals surface area contributed by atoms with Crippen LogP contribution in [0, 0.1) is 0 Å². The summed E-state index contributed by atoms with van der Waals surface area (Å²) in [5.74, 6) is 0. The molecule has 19 heavy (non-hydrogen) atoms. The van der Waals surface area contributed by atoms with Crippen LogP contribution in [0.2, 0.25) is 0 Å². The first-order valence-electron chi connectivity index (χ1n) is 6.33. The molecule has 2 atom stereocenters. The van der Waals surface area contributed by atoms with Crippen molar-refractivity contribution >= 4 is 0 Å². The van der Waals surface area contributed by atoms with Gasteiger partial charge < -0.3 is 10.2 Å². The van der Waals surface area contributed by atoms with Crippen LogP contribution in [0.1, 0.15) is 40.5 Å². The Morgan fingerprint density at radius 2 is 1.95 bits per heavy atom. The van der Waals surface area contributed by atoms with E-state index in [1.165, 1.54) is 6.08 Å².